The molecule has 1 atom stereocenters. The molecular formula is C16H26N2O2. The van der Waals surface area contributed by atoms with Crippen LogP contribution in [0.4, 0.5) is 5.69 Å². The number of anilines is 1. The van der Waals surface area contributed by atoms with Crippen molar-refractivity contribution in [1.82, 2.24) is 0 Å². The maximum Gasteiger partial charge on any atom is 0.241 e. The first kappa shape index (κ1) is 16.5. The van der Waals surface area contributed by atoms with Crippen molar-refractivity contribution in [3.8, 4) is 5.75 Å². The summed E-state index contributed by atoms with van der Waals surface area (Å²) in [6, 6.07) is 6.94. The number of nitrogens with one attached hydrogen (secondary N) is 1. The van der Waals surface area contributed by atoms with Crippen molar-refractivity contribution >= 4 is 11.6 Å². The lowest BCUT2D eigenvalue weighted by molar-refractivity contribution is -0.117. The molecule has 1 aromatic carbocycles. The molecule has 0 bridgehead atoms. The maximum atomic E-state index is 12.0. The van der Waals surface area contributed by atoms with Gasteiger partial charge in [0.1, 0.15) is 5.75 Å². The van der Waals surface area contributed by atoms with Crippen LogP contribution in [-0.4, -0.2) is 18.6 Å². The van der Waals surface area contributed by atoms with Gasteiger partial charge in [0.2, 0.25) is 5.91 Å². The Hall–Kier alpha value is -1.55. The van der Waals surface area contributed by atoms with Crippen molar-refractivity contribution in [2.45, 2.75) is 40.2 Å². The second-order valence-electron chi connectivity index (χ2n) is 5.93. The third kappa shape index (κ3) is 5.61. The summed E-state index contributed by atoms with van der Waals surface area (Å²) in [5.41, 5.74) is 6.56. The molecule has 0 fully saturated rings. The summed E-state index contributed by atoms with van der Waals surface area (Å²) in [7, 11) is 0. The summed E-state index contributed by atoms with van der Waals surface area (Å²) in [6.45, 7) is 8.88. The van der Waals surface area contributed by atoms with Crippen molar-refractivity contribution < 1.29 is 9.53 Å². The van der Waals surface area contributed by atoms with Crippen molar-refractivity contribution in [3.05, 3.63) is 24.3 Å². The number of benzene rings is 1. The third-order valence-electron chi connectivity index (χ3n) is 2.78. The van der Waals surface area contributed by atoms with Gasteiger partial charge in [0.15, 0.2) is 0 Å². The van der Waals surface area contributed by atoms with Gasteiger partial charge in [-0.1, -0.05) is 39.8 Å². The Bertz CT molecular complexity index is 430. The molecule has 3 N–H and O–H groups in total. The number of hydrogen-bond acceptors (Lipinski definition) is 3. The maximum absolute atomic E-state index is 12.0. The molecule has 0 saturated heterocycles. The van der Waals surface area contributed by atoms with Crippen LogP contribution < -0.4 is 15.8 Å². The largest absolute Gasteiger partial charge is 0.491 e. The molecule has 0 aromatic heterocycles. The minimum Gasteiger partial charge on any atom is -0.491 e. The summed E-state index contributed by atoms with van der Waals surface area (Å²) in [4.78, 5) is 12.0. The topological polar surface area (TPSA) is 64.3 Å². The average molecular weight is 278 g/mol. The zero-order valence-corrected chi connectivity index (χ0v) is 12.8. The van der Waals surface area contributed by atoms with E-state index in [0.717, 1.165) is 0 Å². The van der Waals surface area contributed by atoms with Crippen LogP contribution >= 0.6 is 0 Å². The van der Waals surface area contributed by atoms with Gasteiger partial charge in [-0.15, -0.1) is 0 Å². The van der Waals surface area contributed by atoms with Crippen molar-refractivity contribution in [3.63, 3.8) is 0 Å². The van der Waals surface area contributed by atoms with Crippen LogP contribution in [0.1, 0.15) is 34.1 Å². The number of nitrogens with two attached hydrogens (primary N) is 1. The standard InChI is InChI=1S/C16H26N2O2/c1-11(2)9-13(17)16(19)18-14-7-5-6-8-15(14)20-10-12(3)4/h5-8,11-13H,9-10,17H2,1-4H3,(H,18,19). The lowest BCUT2D eigenvalue weighted by atomic mass is 10.0. The molecule has 1 unspecified atom stereocenters. The van der Waals surface area contributed by atoms with Crippen molar-refractivity contribution in [2.75, 3.05) is 11.9 Å². The predicted molar refractivity (Wildman–Crippen MR) is 82.8 cm³/mol. The number of hydrogen-bond donors (Lipinski definition) is 2. The molecular weight excluding hydrogens is 252 g/mol. The highest BCUT2D eigenvalue weighted by Crippen LogP contribution is 2.24. The molecule has 0 aliphatic rings. The summed E-state index contributed by atoms with van der Waals surface area (Å²) >= 11 is 0. The fraction of sp³-hybridized carbons (Fsp3) is 0.562. The van der Waals surface area contributed by atoms with Gasteiger partial charge in [-0.2, -0.15) is 0 Å². The number of ether oxygens (including phenoxy) is 1. The van der Waals surface area contributed by atoms with E-state index in [1.165, 1.54) is 0 Å². The Morgan fingerprint density at radius 3 is 2.45 bits per heavy atom. The SMILES string of the molecule is CC(C)COc1ccccc1NC(=O)C(N)CC(C)C. The number of carbonyl (C=O) groups is 1. The van der Waals surface area contributed by atoms with Crippen LogP contribution in [0.15, 0.2) is 24.3 Å². The molecule has 0 spiro atoms. The van der Waals surface area contributed by atoms with E-state index in [1.807, 2.05) is 38.1 Å². The highest BCUT2D eigenvalue weighted by atomic mass is 16.5. The summed E-state index contributed by atoms with van der Waals surface area (Å²) in [6.07, 6.45) is 0.668. The smallest absolute Gasteiger partial charge is 0.241 e. The first-order valence-corrected chi connectivity index (χ1v) is 7.18. The second-order valence-corrected chi connectivity index (χ2v) is 5.93. The van der Waals surface area contributed by atoms with Gasteiger partial charge in [0.25, 0.3) is 0 Å². The normalized spacial score (nSPS) is 12.6. The molecule has 1 aromatic rings. The van der Waals surface area contributed by atoms with Gasteiger partial charge in [-0.3, -0.25) is 4.79 Å². The fourth-order valence-electron chi connectivity index (χ4n) is 1.79. The molecule has 20 heavy (non-hydrogen) atoms. The molecule has 0 heterocycles. The van der Waals surface area contributed by atoms with E-state index in [1.54, 1.807) is 0 Å². The van der Waals surface area contributed by atoms with Crippen LogP contribution in [0, 0.1) is 11.8 Å². The van der Waals surface area contributed by atoms with E-state index in [-0.39, 0.29) is 5.91 Å². The van der Waals surface area contributed by atoms with E-state index in [2.05, 4.69) is 19.2 Å². The number of rotatable bonds is 7. The molecule has 0 saturated carbocycles. The molecule has 0 aliphatic heterocycles. The second kappa shape index (κ2) is 7.90. The summed E-state index contributed by atoms with van der Waals surface area (Å²) < 4.78 is 5.70. The molecule has 1 rings (SSSR count). The quantitative estimate of drug-likeness (QED) is 0.805. The lowest BCUT2D eigenvalue weighted by Crippen LogP contribution is -2.36. The zero-order chi connectivity index (χ0) is 15.1. The number of amides is 1. The van der Waals surface area contributed by atoms with E-state index >= 15 is 0 Å². The monoisotopic (exact) mass is 278 g/mol. The van der Waals surface area contributed by atoms with Crippen molar-refractivity contribution in [2.24, 2.45) is 17.6 Å². The minimum atomic E-state index is -0.492. The van der Waals surface area contributed by atoms with Crippen LogP contribution in [0.2, 0.25) is 0 Å². The molecule has 1 amide bonds. The van der Waals surface area contributed by atoms with Gasteiger partial charge in [0.05, 0.1) is 18.3 Å². The van der Waals surface area contributed by atoms with E-state index in [9.17, 15) is 4.79 Å². The molecule has 4 heteroatoms. The van der Waals surface area contributed by atoms with Gasteiger partial charge >= 0.3 is 0 Å². The highest BCUT2D eigenvalue weighted by molar-refractivity contribution is 5.95. The highest BCUT2D eigenvalue weighted by Gasteiger charge is 2.16. The average Bonchev–Trinajstić information content (AvgIpc) is 2.36. The van der Waals surface area contributed by atoms with E-state index in [0.29, 0.717) is 36.3 Å². The van der Waals surface area contributed by atoms with Crippen LogP contribution in [0.5, 0.6) is 5.75 Å². The molecule has 112 valence electrons. The Balaban J connectivity index is 2.69. The predicted octanol–water partition coefficient (Wildman–Crippen LogP) is 3.03. The Morgan fingerprint density at radius 2 is 1.85 bits per heavy atom. The van der Waals surface area contributed by atoms with Gasteiger partial charge in [-0.25, -0.2) is 0 Å². The minimum absolute atomic E-state index is 0.167. The first-order chi connectivity index (χ1) is 9.40. The van der Waals surface area contributed by atoms with Crippen LogP contribution in [0.3, 0.4) is 0 Å². The van der Waals surface area contributed by atoms with Gasteiger partial charge in [-0.05, 0) is 30.4 Å². The van der Waals surface area contributed by atoms with Gasteiger partial charge < -0.3 is 15.8 Å². The summed E-state index contributed by atoms with van der Waals surface area (Å²) in [5, 5.41) is 2.85. The summed E-state index contributed by atoms with van der Waals surface area (Å²) in [5.74, 6) is 1.34. The van der Waals surface area contributed by atoms with E-state index in [4.69, 9.17) is 10.5 Å². The Labute approximate surface area is 121 Å². The Kier molecular flexibility index (Phi) is 6.52. The van der Waals surface area contributed by atoms with Crippen LogP contribution in [-0.2, 0) is 4.79 Å². The number of carbonyl (C=O) groups excluding carboxylic acids is 1. The Morgan fingerprint density at radius 1 is 1.20 bits per heavy atom. The lowest BCUT2D eigenvalue weighted by Gasteiger charge is -2.17. The molecule has 0 radical (unpaired) electrons. The molecule has 4 nitrogen and oxygen atoms in total. The van der Waals surface area contributed by atoms with Gasteiger partial charge in [0, 0.05) is 0 Å². The van der Waals surface area contributed by atoms with E-state index < -0.39 is 6.04 Å². The molecule has 0 aliphatic carbocycles. The van der Waals surface area contributed by atoms with Crippen LogP contribution in [0.25, 0.3) is 0 Å². The number of para-hydroxylation sites is 2. The third-order valence-corrected chi connectivity index (χ3v) is 2.78. The zero-order valence-electron chi connectivity index (χ0n) is 12.8. The fourth-order valence-corrected chi connectivity index (χ4v) is 1.79. The van der Waals surface area contributed by atoms with Crippen molar-refractivity contribution in [1.29, 1.82) is 0 Å². The first-order valence-electron chi connectivity index (χ1n) is 7.18.